The Hall–Kier alpha value is -1.56. The van der Waals surface area contributed by atoms with Crippen molar-refractivity contribution in [1.29, 1.82) is 5.26 Å². The van der Waals surface area contributed by atoms with Crippen LogP contribution in [0.5, 0.6) is 0 Å². The van der Waals surface area contributed by atoms with Crippen LogP contribution in [0.2, 0.25) is 0 Å². The van der Waals surface area contributed by atoms with Crippen molar-refractivity contribution in [3.63, 3.8) is 0 Å². The fourth-order valence-corrected chi connectivity index (χ4v) is 1.84. The second kappa shape index (κ2) is 4.31. The van der Waals surface area contributed by atoms with Gasteiger partial charge in [-0.2, -0.15) is 5.26 Å². The Kier molecular flexibility index (Phi) is 2.86. The van der Waals surface area contributed by atoms with Gasteiger partial charge in [-0.25, -0.2) is 4.98 Å². The van der Waals surface area contributed by atoms with Crippen LogP contribution in [-0.2, 0) is 0 Å². The molecule has 0 spiro atoms. The monoisotopic (exact) mass is 201 g/mol. The molecule has 0 N–H and O–H groups in total. The van der Waals surface area contributed by atoms with Crippen molar-refractivity contribution in [2.75, 3.05) is 11.4 Å². The Morgan fingerprint density at radius 3 is 3.00 bits per heavy atom. The van der Waals surface area contributed by atoms with Gasteiger partial charge in [0, 0.05) is 18.8 Å². The van der Waals surface area contributed by atoms with Crippen LogP contribution in [0, 0.1) is 11.3 Å². The van der Waals surface area contributed by atoms with Crippen molar-refractivity contribution < 1.29 is 0 Å². The molecular formula is C12H15N3. The van der Waals surface area contributed by atoms with Gasteiger partial charge >= 0.3 is 0 Å². The normalized spacial score (nSPS) is 14.7. The molecule has 0 aliphatic heterocycles. The molecule has 1 aromatic rings. The summed E-state index contributed by atoms with van der Waals surface area (Å²) >= 11 is 0. The molecule has 0 atom stereocenters. The highest BCUT2D eigenvalue weighted by atomic mass is 15.2. The zero-order valence-corrected chi connectivity index (χ0v) is 8.98. The molecule has 1 aromatic heterocycles. The molecule has 1 aliphatic rings. The molecule has 1 fully saturated rings. The van der Waals surface area contributed by atoms with Gasteiger partial charge in [0.05, 0.1) is 5.69 Å². The molecular weight excluding hydrogens is 186 g/mol. The van der Waals surface area contributed by atoms with Crippen LogP contribution in [0.3, 0.4) is 0 Å². The molecule has 0 amide bonds. The largest absolute Gasteiger partial charge is 0.366 e. The second-order valence-corrected chi connectivity index (χ2v) is 3.91. The third kappa shape index (κ3) is 2.10. The predicted molar refractivity (Wildman–Crippen MR) is 59.6 cm³/mol. The van der Waals surface area contributed by atoms with Crippen LogP contribution >= 0.6 is 0 Å². The van der Waals surface area contributed by atoms with E-state index in [-0.39, 0.29) is 0 Å². The first kappa shape index (κ1) is 9.97. The quantitative estimate of drug-likeness (QED) is 0.750. The van der Waals surface area contributed by atoms with E-state index in [1.54, 1.807) is 6.20 Å². The highest BCUT2D eigenvalue weighted by molar-refractivity contribution is 5.57. The minimum Gasteiger partial charge on any atom is -0.366 e. The lowest BCUT2D eigenvalue weighted by molar-refractivity contribution is 0.759. The molecule has 3 heteroatoms. The molecule has 2 rings (SSSR count). The van der Waals surface area contributed by atoms with Gasteiger partial charge in [-0.3, -0.25) is 0 Å². The van der Waals surface area contributed by atoms with Crippen LogP contribution in [0.15, 0.2) is 18.3 Å². The summed E-state index contributed by atoms with van der Waals surface area (Å²) in [5.74, 6) is 0. The smallest absolute Gasteiger partial charge is 0.163 e. The number of nitrogens with zero attached hydrogens (tertiary/aromatic N) is 3. The van der Waals surface area contributed by atoms with E-state index < -0.39 is 0 Å². The molecule has 0 saturated heterocycles. The number of hydrogen-bond donors (Lipinski definition) is 0. The average molecular weight is 201 g/mol. The Labute approximate surface area is 90.4 Å². The Bertz CT molecular complexity index is 377. The van der Waals surface area contributed by atoms with Crippen molar-refractivity contribution in [2.24, 2.45) is 0 Å². The van der Waals surface area contributed by atoms with E-state index in [0.717, 1.165) is 18.7 Å². The predicted octanol–water partition coefficient (Wildman–Crippen LogP) is 2.33. The molecule has 15 heavy (non-hydrogen) atoms. The van der Waals surface area contributed by atoms with Gasteiger partial charge in [-0.05, 0) is 31.4 Å². The number of pyridine rings is 1. The molecule has 1 saturated carbocycles. The van der Waals surface area contributed by atoms with Crippen LogP contribution in [-0.4, -0.2) is 17.6 Å². The highest BCUT2D eigenvalue weighted by Gasteiger charge is 2.29. The van der Waals surface area contributed by atoms with Crippen molar-refractivity contribution in [3.8, 4) is 6.07 Å². The highest BCUT2D eigenvalue weighted by Crippen LogP contribution is 2.32. The first-order chi connectivity index (χ1) is 7.36. The minimum absolute atomic E-state index is 0.554. The van der Waals surface area contributed by atoms with Crippen molar-refractivity contribution in [2.45, 2.75) is 32.2 Å². The maximum Gasteiger partial charge on any atom is 0.163 e. The van der Waals surface area contributed by atoms with Gasteiger partial charge in [0.15, 0.2) is 5.69 Å². The van der Waals surface area contributed by atoms with E-state index in [1.165, 1.54) is 12.8 Å². The first-order valence-electron chi connectivity index (χ1n) is 5.48. The summed E-state index contributed by atoms with van der Waals surface area (Å²) in [6, 6.07) is 6.71. The fourth-order valence-electron chi connectivity index (χ4n) is 1.84. The van der Waals surface area contributed by atoms with Gasteiger partial charge in [0.2, 0.25) is 0 Å². The lowest BCUT2D eigenvalue weighted by atomic mass is 10.2. The number of anilines is 1. The zero-order chi connectivity index (χ0) is 10.7. The van der Waals surface area contributed by atoms with Gasteiger partial charge in [0.25, 0.3) is 0 Å². The summed E-state index contributed by atoms with van der Waals surface area (Å²) in [5, 5.41) is 9.00. The lowest BCUT2D eigenvalue weighted by Crippen LogP contribution is -2.27. The molecule has 1 heterocycles. The molecule has 0 unspecified atom stereocenters. The number of aromatic nitrogens is 1. The second-order valence-electron chi connectivity index (χ2n) is 3.91. The van der Waals surface area contributed by atoms with E-state index in [4.69, 9.17) is 5.26 Å². The summed E-state index contributed by atoms with van der Waals surface area (Å²) in [6.45, 7) is 3.18. The topological polar surface area (TPSA) is 39.9 Å². The number of rotatable bonds is 4. The summed E-state index contributed by atoms with van der Waals surface area (Å²) < 4.78 is 0. The molecule has 1 aliphatic carbocycles. The van der Waals surface area contributed by atoms with E-state index in [0.29, 0.717) is 11.7 Å². The Balaban J connectivity index is 2.28. The summed E-state index contributed by atoms with van der Waals surface area (Å²) in [5.41, 5.74) is 1.56. The zero-order valence-electron chi connectivity index (χ0n) is 8.98. The molecule has 3 nitrogen and oxygen atoms in total. The molecule has 0 radical (unpaired) electrons. The Morgan fingerprint density at radius 1 is 1.60 bits per heavy atom. The lowest BCUT2D eigenvalue weighted by Gasteiger charge is -2.24. The van der Waals surface area contributed by atoms with Gasteiger partial charge in [-0.15, -0.1) is 0 Å². The van der Waals surface area contributed by atoms with Crippen LogP contribution in [0.1, 0.15) is 31.9 Å². The number of hydrogen-bond acceptors (Lipinski definition) is 3. The van der Waals surface area contributed by atoms with Crippen LogP contribution < -0.4 is 4.90 Å². The van der Waals surface area contributed by atoms with Gasteiger partial charge in [-0.1, -0.05) is 6.92 Å². The summed E-state index contributed by atoms with van der Waals surface area (Å²) in [7, 11) is 0. The third-order valence-electron chi connectivity index (χ3n) is 2.65. The van der Waals surface area contributed by atoms with Crippen LogP contribution in [0.25, 0.3) is 0 Å². The summed E-state index contributed by atoms with van der Waals surface area (Å²) in [4.78, 5) is 6.43. The minimum atomic E-state index is 0.554. The standard InChI is InChI=1S/C12H15N3/c1-2-8-15(10-5-6-10)12-4-3-7-14-11(12)9-13/h3-4,7,10H,2,5-6,8H2,1H3. The van der Waals surface area contributed by atoms with Gasteiger partial charge in [0.1, 0.15) is 6.07 Å². The molecule has 78 valence electrons. The van der Waals surface area contributed by atoms with E-state index >= 15 is 0 Å². The SMILES string of the molecule is CCCN(c1cccnc1C#N)C1CC1. The van der Waals surface area contributed by atoms with Gasteiger partial charge < -0.3 is 4.90 Å². The fraction of sp³-hybridized carbons (Fsp3) is 0.500. The maximum atomic E-state index is 9.00. The first-order valence-corrected chi connectivity index (χ1v) is 5.48. The van der Waals surface area contributed by atoms with E-state index in [2.05, 4.69) is 22.9 Å². The summed E-state index contributed by atoms with van der Waals surface area (Å²) in [6.07, 6.45) is 5.29. The van der Waals surface area contributed by atoms with Crippen LogP contribution in [0.4, 0.5) is 5.69 Å². The molecule has 0 aromatic carbocycles. The average Bonchev–Trinajstić information content (AvgIpc) is 3.10. The third-order valence-corrected chi connectivity index (χ3v) is 2.65. The van der Waals surface area contributed by atoms with Crippen molar-refractivity contribution >= 4 is 5.69 Å². The Morgan fingerprint density at radius 2 is 2.40 bits per heavy atom. The van der Waals surface area contributed by atoms with E-state index in [1.807, 2.05) is 12.1 Å². The van der Waals surface area contributed by atoms with Crippen molar-refractivity contribution in [3.05, 3.63) is 24.0 Å². The van der Waals surface area contributed by atoms with Crippen molar-refractivity contribution in [1.82, 2.24) is 4.98 Å². The van der Waals surface area contributed by atoms with E-state index in [9.17, 15) is 0 Å². The maximum absolute atomic E-state index is 9.00. The number of nitriles is 1. The molecule has 0 bridgehead atoms.